The van der Waals surface area contributed by atoms with Gasteiger partial charge in [0.2, 0.25) is 5.95 Å². The molecule has 0 saturated heterocycles. The Morgan fingerprint density at radius 3 is 2.59 bits per heavy atom. The van der Waals surface area contributed by atoms with Crippen LogP contribution in [0.2, 0.25) is 0 Å². The maximum atomic E-state index is 4.29. The van der Waals surface area contributed by atoms with Crippen LogP contribution in [0.5, 0.6) is 0 Å². The quantitative estimate of drug-likeness (QED) is 0.853. The third-order valence-corrected chi connectivity index (χ3v) is 2.73. The molecule has 2 rings (SSSR count). The summed E-state index contributed by atoms with van der Waals surface area (Å²) in [5.74, 6) is 0.899. The number of benzene rings is 1. The van der Waals surface area contributed by atoms with Crippen molar-refractivity contribution in [2.75, 3.05) is 11.9 Å². The van der Waals surface area contributed by atoms with E-state index in [9.17, 15) is 0 Å². The van der Waals surface area contributed by atoms with Gasteiger partial charge in [-0.05, 0) is 31.0 Å². The van der Waals surface area contributed by atoms with Crippen LogP contribution in [0.25, 0.3) is 5.69 Å². The lowest BCUT2D eigenvalue weighted by Crippen LogP contribution is -2.04. The summed E-state index contributed by atoms with van der Waals surface area (Å²) < 4.78 is 2.07. The summed E-state index contributed by atoms with van der Waals surface area (Å²) in [6, 6.07) is 8.67. The van der Waals surface area contributed by atoms with Crippen molar-refractivity contribution in [2.45, 2.75) is 26.7 Å². The Kier molecular flexibility index (Phi) is 3.81. The molecule has 90 valence electrons. The van der Waals surface area contributed by atoms with E-state index < -0.39 is 0 Å². The molecule has 17 heavy (non-hydrogen) atoms. The molecule has 2 aromatic rings. The van der Waals surface area contributed by atoms with E-state index in [-0.39, 0.29) is 0 Å². The van der Waals surface area contributed by atoms with Crippen LogP contribution < -0.4 is 5.32 Å². The summed E-state index contributed by atoms with van der Waals surface area (Å²) in [4.78, 5) is 4.29. The number of rotatable bonds is 5. The number of nitrogens with one attached hydrogen (secondary N) is 1. The van der Waals surface area contributed by atoms with Gasteiger partial charge in [-0.1, -0.05) is 25.5 Å². The van der Waals surface area contributed by atoms with E-state index in [4.69, 9.17) is 0 Å². The Morgan fingerprint density at radius 1 is 1.18 bits per heavy atom. The molecule has 1 heterocycles. The van der Waals surface area contributed by atoms with Gasteiger partial charge < -0.3 is 5.32 Å². The molecular weight excluding hydrogens is 210 g/mol. The van der Waals surface area contributed by atoms with Crippen LogP contribution >= 0.6 is 0 Å². The van der Waals surface area contributed by atoms with Gasteiger partial charge in [0.05, 0.1) is 0 Å². The van der Waals surface area contributed by atoms with Crippen LogP contribution in [0.4, 0.5) is 5.95 Å². The largest absolute Gasteiger partial charge is 0.356 e. The van der Waals surface area contributed by atoms with Gasteiger partial charge in [-0.15, -0.1) is 0 Å². The summed E-state index contributed by atoms with van der Waals surface area (Å²) >= 11 is 0. The van der Waals surface area contributed by atoms with Gasteiger partial charge in [-0.2, -0.15) is 0 Å². The first-order chi connectivity index (χ1) is 8.35. The van der Waals surface area contributed by atoms with Gasteiger partial charge in [0.25, 0.3) is 0 Å². The van der Waals surface area contributed by atoms with Crippen molar-refractivity contribution in [3.05, 3.63) is 42.2 Å². The normalized spacial score (nSPS) is 10.5. The number of anilines is 1. The lowest BCUT2D eigenvalue weighted by molar-refractivity contribution is 0.919. The third-order valence-electron chi connectivity index (χ3n) is 2.73. The molecule has 0 amide bonds. The monoisotopic (exact) mass is 229 g/mol. The van der Waals surface area contributed by atoms with E-state index in [1.807, 2.05) is 12.4 Å². The number of imidazole rings is 1. The SMILES string of the molecule is CCCc1ccc(-n2ccnc2NCC)cc1. The van der Waals surface area contributed by atoms with Crippen molar-refractivity contribution >= 4 is 5.95 Å². The van der Waals surface area contributed by atoms with Crippen molar-refractivity contribution in [3.8, 4) is 5.69 Å². The van der Waals surface area contributed by atoms with E-state index in [0.29, 0.717) is 0 Å². The molecule has 0 aliphatic carbocycles. The number of hydrogen-bond acceptors (Lipinski definition) is 2. The molecule has 3 heteroatoms. The average molecular weight is 229 g/mol. The standard InChI is InChI=1S/C14H19N3/c1-3-5-12-6-8-13(9-7-12)17-11-10-16-14(17)15-4-2/h6-11H,3-5H2,1-2H3,(H,15,16). The summed E-state index contributed by atoms with van der Waals surface area (Å²) in [5.41, 5.74) is 2.54. The fourth-order valence-electron chi connectivity index (χ4n) is 1.91. The molecule has 0 unspecified atom stereocenters. The van der Waals surface area contributed by atoms with E-state index in [1.54, 1.807) is 0 Å². The molecule has 3 nitrogen and oxygen atoms in total. The van der Waals surface area contributed by atoms with Crippen molar-refractivity contribution < 1.29 is 0 Å². The van der Waals surface area contributed by atoms with Gasteiger partial charge in [0.15, 0.2) is 0 Å². The average Bonchev–Trinajstić information content (AvgIpc) is 2.79. The predicted octanol–water partition coefficient (Wildman–Crippen LogP) is 3.26. The Labute approximate surface area is 103 Å². The number of aromatic nitrogens is 2. The smallest absolute Gasteiger partial charge is 0.207 e. The molecule has 0 fully saturated rings. The van der Waals surface area contributed by atoms with Crippen LogP contribution in [0, 0.1) is 0 Å². The highest BCUT2D eigenvalue weighted by Gasteiger charge is 2.03. The summed E-state index contributed by atoms with van der Waals surface area (Å²) in [6.45, 7) is 5.15. The molecule has 1 N–H and O–H groups in total. The van der Waals surface area contributed by atoms with Gasteiger partial charge in [0, 0.05) is 24.6 Å². The zero-order valence-electron chi connectivity index (χ0n) is 10.5. The second kappa shape index (κ2) is 5.53. The number of nitrogens with zero attached hydrogens (tertiary/aromatic N) is 2. The molecule has 0 bridgehead atoms. The van der Waals surface area contributed by atoms with Crippen LogP contribution in [0.3, 0.4) is 0 Å². The minimum absolute atomic E-state index is 0.880. The minimum Gasteiger partial charge on any atom is -0.356 e. The van der Waals surface area contributed by atoms with Crippen LogP contribution in [0.15, 0.2) is 36.7 Å². The van der Waals surface area contributed by atoms with E-state index in [2.05, 4.69) is 53.0 Å². The van der Waals surface area contributed by atoms with Crippen molar-refractivity contribution in [1.82, 2.24) is 9.55 Å². The fraction of sp³-hybridized carbons (Fsp3) is 0.357. The molecule has 1 aromatic heterocycles. The molecule has 0 saturated carbocycles. The molecular formula is C14H19N3. The van der Waals surface area contributed by atoms with Gasteiger partial charge in [-0.3, -0.25) is 4.57 Å². The van der Waals surface area contributed by atoms with E-state index >= 15 is 0 Å². The van der Waals surface area contributed by atoms with Crippen LogP contribution in [-0.2, 0) is 6.42 Å². The highest BCUT2D eigenvalue weighted by atomic mass is 15.2. The lowest BCUT2D eigenvalue weighted by Gasteiger charge is -2.09. The van der Waals surface area contributed by atoms with Gasteiger partial charge in [0.1, 0.15) is 0 Å². The summed E-state index contributed by atoms with van der Waals surface area (Å²) in [5, 5.41) is 3.25. The second-order valence-electron chi connectivity index (χ2n) is 4.07. The maximum absolute atomic E-state index is 4.29. The van der Waals surface area contributed by atoms with Crippen molar-refractivity contribution in [2.24, 2.45) is 0 Å². The number of hydrogen-bond donors (Lipinski definition) is 1. The molecule has 0 radical (unpaired) electrons. The first-order valence-corrected chi connectivity index (χ1v) is 6.21. The highest BCUT2D eigenvalue weighted by molar-refractivity contribution is 5.42. The molecule has 0 aliphatic rings. The molecule has 0 atom stereocenters. The van der Waals surface area contributed by atoms with Crippen LogP contribution in [-0.4, -0.2) is 16.1 Å². The minimum atomic E-state index is 0.880. The predicted molar refractivity (Wildman–Crippen MR) is 71.7 cm³/mol. The third kappa shape index (κ3) is 2.67. The Bertz CT molecular complexity index is 457. The first-order valence-electron chi connectivity index (χ1n) is 6.21. The first kappa shape index (κ1) is 11.7. The van der Waals surface area contributed by atoms with E-state index in [1.165, 1.54) is 12.0 Å². The zero-order valence-corrected chi connectivity index (χ0v) is 10.5. The lowest BCUT2D eigenvalue weighted by atomic mass is 10.1. The van der Waals surface area contributed by atoms with Gasteiger partial charge in [-0.25, -0.2) is 4.98 Å². The number of aryl methyl sites for hydroxylation is 1. The van der Waals surface area contributed by atoms with E-state index in [0.717, 1.165) is 24.6 Å². The maximum Gasteiger partial charge on any atom is 0.207 e. The highest BCUT2D eigenvalue weighted by Crippen LogP contribution is 2.15. The second-order valence-corrected chi connectivity index (χ2v) is 4.07. The van der Waals surface area contributed by atoms with Crippen molar-refractivity contribution in [1.29, 1.82) is 0 Å². The zero-order chi connectivity index (χ0) is 12.1. The Balaban J connectivity index is 2.23. The van der Waals surface area contributed by atoms with Crippen LogP contribution in [0.1, 0.15) is 25.8 Å². The summed E-state index contributed by atoms with van der Waals surface area (Å²) in [7, 11) is 0. The van der Waals surface area contributed by atoms with Gasteiger partial charge >= 0.3 is 0 Å². The molecule has 0 spiro atoms. The summed E-state index contributed by atoms with van der Waals surface area (Å²) in [6.07, 6.45) is 6.13. The Morgan fingerprint density at radius 2 is 1.94 bits per heavy atom. The topological polar surface area (TPSA) is 29.9 Å². The fourth-order valence-corrected chi connectivity index (χ4v) is 1.91. The van der Waals surface area contributed by atoms with Crippen molar-refractivity contribution in [3.63, 3.8) is 0 Å². The molecule has 0 aliphatic heterocycles. The molecule has 1 aromatic carbocycles. The Hall–Kier alpha value is -1.77.